The average molecular weight is 337 g/mol. The Morgan fingerprint density at radius 2 is 1.80 bits per heavy atom. The van der Waals surface area contributed by atoms with Crippen LogP contribution in [0.2, 0.25) is 0 Å². The van der Waals surface area contributed by atoms with E-state index in [-0.39, 0.29) is 11.6 Å². The van der Waals surface area contributed by atoms with Gasteiger partial charge in [-0.2, -0.15) is 4.39 Å². The average Bonchev–Trinajstić information content (AvgIpc) is 2.44. The topological polar surface area (TPSA) is 35.0 Å². The van der Waals surface area contributed by atoms with Gasteiger partial charge in [-0.3, -0.25) is 0 Å². The van der Waals surface area contributed by atoms with Crippen molar-refractivity contribution in [1.29, 1.82) is 0 Å². The third-order valence-corrected chi connectivity index (χ3v) is 3.06. The van der Waals surface area contributed by atoms with Gasteiger partial charge >= 0.3 is 0 Å². The number of fused-ring (bicyclic) bond motifs is 1. The number of benzene rings is 2. The number of rotatable bonds is 2. The predicted octanol–water partition coefficient (Wildman–Crippen LogP) is 4.46. The summed E-state index contributed by atoms with van der Waals surface area (Å²) in [6.07, 6.45) is 1.36. The molecule has 2 aromatic carbocycles. The van der Waals surface area contributed by atoms with Gasteiger partial charge in [-0.1, -0.05) is 28.1 Å². The summed E-state index contributed by atoms with van der Waals surface area (Å²) in [6.45, 7) is 0. The van der Waals surface area contributed by atoms with Crippen molar-refractivity contribution in [3.63, 3.8) is 0 Å². The summed E-state index contributed by atoms with van der Waals surface area (Å²) in [5.74, 6) is -2.21. The molecule has 1 aromatic heterocycles. The lowest BCUT2D eigenvalue weighted by molar-refractivity contribution is 0.405. The molecule has 0 N–H and O–H groups in total. The van der Waals surface area contributed by atoms with E-state index in [0.717, 1.165) is 6.07 Å². The molecule has 0 radical (unpaired) electrons. The van der Waals surface area contributed by atoms with E-state index in [1.165, 1.54) is 12.3 Å². The molecule has 3 aromatic rings. The van der Waals surface area contributed by atoms with Crippen LogP contribution in [0.3, 0.4) is 0 Å². The number of aromatic nitrogens is 2. The quantitative estimate of drug-likeness (QED) is 0.648. The van der Waals surface area contributed by atoms with Crippen LogP contribution in [-0.4, -0.2) is 9.97 Å². The van der Waals surface area contributed by atoms with E-state index in [0.29, 0.717) is 15.5 Å². The molecular formula is C14H7BrF2N2O. The molecular weight excluding hydrogens is 330 g/mol. The maximum Gasteiger partial charge on any atom is 0.238 e. The molecule has 0 aliphatic carbocycles. The minimum absolute atomic E-state index is 0.0973. The van der Waals surface area contributed by atoms with Gasteiger partial charge in [0.25, 0.3) is 0 Å². The van der Waals surface area contributed by atoms with Gasteiger partial charge in [0.1, 0.15) is 0 Å². The Bertz CT molecular complexity index is 795. The minimum Gasteiger partial charge on any atom is -0.434 e. The summed E-state index contributed by atoms with van der Waals surface area (Å²) in [4.78, 5) is 8.32. The zero-order valence-electron chi connectivity index (χ0n) is 9.98. The largest absolute Gasteiger partial charge is 0.434 e. The summed E-state index contributed by atoms with van der Waals surface area (Å²) < 4.78 is 32.5. The molecule has 0 unspecified atom stereocenters. The van der Waals surface area contributed by atoms with Gasteiger partial charge in [-0.15, -0.1) is 0 Å². The van der Waals surface area contributed by atoms with Crippen molar-refractivity contribution in [3.05, 3.63) is 58.7 Å². The van der Waals surface area contributed by atoms with Crippen LogP contribution in [0.25, 0.3) is 11.0 Å². The molecule has 0 saturated carbocycles. The van der Waals surface area contributed by atoms with Crippen LogP contribution in [0.5, 0.6) is 11.6 Å². The van der Waals surface area contributed by atoms with Crippen LogP contribution >= 0.6 is 15.9 Å². The number of nitrogens with zero attached hydrogens (tertiary/aromatic N) is 2. The summed E-state index contributed by atoms with van der Waals surface area (Å²) >= 11 is 3.08. The molecule has 3 nitrogen and oxygen atoms in total. The first-order valence-corrected chi connectivity index (χ1v) is 6.47. The Morgan fingerprint density at radius 3 is 2.60 bits per heavy atom. The van der Waals surface area contributed by atoms with Crippen molar-refractivity contribution in [2.24, 2.45) is 0 Å². The van der Waals surface area contributed by atoms with Gasteiger partial charge in [-0.05, 0) is 24.3 Å². The molecule has 0 fully saturated rings. The Balaban J connectivity index is 2.01. The number of para-hydroxylation sites is 2. The standard InChI is InChI=1S/C14H7BrF2N2O/c15-8-5-9(16)14(17)12(6-8)20-13-7-18-10-3-1-2-4-11(10)19-13/h1-7H. The van der Waals surface area contributed by atoms with Gasteiger partial charge in [0.15, 0.2) is 11.6 Å². The molecule has 0 saturated heterocycles. The van der Waals surface area contributed by atoms with Crippen molar-refractivity contribution >= 4 is 27.0 Å². The van der Waals surface area contributed by atoms with E-state index >= 15 is 0 Å². The van der Waals surface area contributed by atoms with Crippen LogP contribution in [0.4, 0.5) is 8.78 Å². The van der Waals surface area contributed by atoms with Gasteiger partial charge in [0.05, 0.1) is 17.2 Å². The second-order valence-corrected chi connectivity index (χ2v) is 4.91. The highest BCUT2D eigenvalue weighted by Gasteiger charge is 2.13. The zero-order chi connectivity index (χ0) is 14.1. The van der Waals surface area contributed by atoms with Crippen molar-refractivity contribution in [1.82, 2.24) is 9.97 Å². The van der Waals surface area contributed by atoms with E-state index in [2.05, 4.69) is 25.9 Å². The van der Waals surface area contributed by atoms with Crippen molar-refractivity contribution in [2.45, 2.75) is 0 Å². The summed E-state index contributed by atoms with van der Waals surface area (Å²) in [6, 6.07) is 9.54. The molecule has 3 rings (SSSR count). The Morgan fingerprint density at radius 1 is 1.05 bits per heavy atom. The predicted molar refractivity (Wildman–Crippen MR) is 73.7 cm³/mol. The van der Waals surface area contributed by atoms with Crippen LogP contribution in [0.1, 0.15) is 0 Å². The molecule has 0 spiro atoms. The first-order chi connectivity index (χ1) is 9.63. The smallest absolute Gasteiger partial charge is 0.238 e. The van der Waals surface area contributed by atoms with Crippen LogP contribution in [0.15, 0.2) is 47.1 Å². The Hall–Kier alpha value is -2.08. The number of hydrogen-bond acceptors (Lipinski definition) is 3. The van der Waals surface area contributed by atoms with Gasteiger partial charge in [0, 0.05) is 4.47 Å². The molecule has 100 valence electrons. The lowest BCUT2D eigenvalue weighted by atomic mass is 10.3. The number of ether oxygens (including phenoxy) is 1. The fourth-order valence-electron chi connectivity index (χ4n) is 1.71. The molecule has 0 atom stereocenters. The van der Waals surface area contributed by atoms with E-state index in [9.17, 15) is 8.78 Å². The van der Waals surface area contributed by atoms with E-state index in [4.69, 9.17) is 4.74 Å². The fraction of sp³-hybridized carbons (Fsp3) is 0. The van der Waals surface area contributed by atoms with Crippen molar-refractivity contribution in [3.8, 4) is 11.6 Å². The number of halogens is 3. The molecule has 0 aliphatic heterocycles. The maximum absolute atomic E-state index is 13.6. The summed E-state index contributed by atoms with van der Waals surface area (Å²) in [7, 11) is 0. The third kappa shape index (κ3) is 2.46. The molecule has 0 amide bonds. The van der Waals surface area contributed by atoms with Crippen LogP contribution in [0, 0.1) is 11.6 Å². The normalized spacial score (nSPS) is 10.8. The van der Waals surface area contributed by atoms with Gasteiger partial charge in [0.2, 0.25) is 11.7 Å². The highest BCUT2D eigenvalue weighted by atomic mass is 79.9. The van der Waals surface area contributed by atoms with Crippen molar-refractivity contribution in [2.75, 3.05) is 0 Å². The molecule has 0 aliphatic rings. The molecule has 6 heteroatoms. The fourth-order valence-corrected chi connectivity index (χ4v) is 2.12. The van der Waals surface area contributed by atoms with Crippen LogP contribution in [-0.2, 0) is 0 Å². The highest BCUT2D eigenvalue weighted by molar-refractivity contribution is 9.10. The highest BCUT2D eigenvalue weighted by Crippen LogP contribution is 2.29. The lowest BCUT2D eigenvalue weighted by Crippen LogP contribution is -1.95. The Labute approximate surface area is 121 Å². The van der Waals surface area contributed by atoms with E-state index in [1.54, 1.807) is 18.2 Å². The third-order valence-electron chi connectivity index (χ3n) is 2.60. The minimum atomic E-state index is -1.07. The SMILES string of the molecule is Fc1cc(Br)cc(Oc2cnc3ccccc3n2)c1F. The number of hydrogen-bond donors (Lipinski definition) is 0. The monoisotopic (exact) mass is 336 g/mol. The zero-order valence-corrected chi connectivity index (χ0v) is 11.6. The first-order valence-electron chi connectivity index (χ1n) is 5.67. The van der Waals surface area contributed by atoms with Gasteiger partial charge < -0.3 is 4.74 Å². The molecule has 20 heavy (non-hydrogen) atoms. The van der Waals surface area contributed by atoms with E-state index < -0.39 is 11.6 Å². The van der Waals surface area contributed by atoms with Gasteiger partial charge in [-0.25, -0.2) is 14.4 Å². The second-order valence-electron chi connectivity index (χ2n) is 4.00. The molecule has 0 bridgehead atoms. The lowest BCUT2D eigenvalue weighted by Gasteiger charge is -2.07. The first kappa shape index (κ1) is 12.9. The van der Waals surface area contributed by atoms with Crippen molar-refractivity contribution < 1.29 is 13.5 Å². The van der Waals surface area contributed by atoms with Crippen LogP contribution < -0.4 is 4.74 Å². The second kappa shape index (κ2) is 5.13. The maximum atomic E-state index is 13.6. The molecule has 1 heterocycles. The Kier molecular flexibility index (Phi) is 3.31. The van der Waals surface area contributed by atoms with E-state index in [1.807, 2.05) is 6.07 Å². The summed E-state index contributed by atoms with van der Waals surface area (Å²) in [5.41, 5.74) is 1.31. The summed E-state index contributed by atoms with van der Waals surface area (Å²) in [5, 5.41) is 0.